The Balaban J connectivity index is 2.54. The van der Waals surface area contributed by atoms with Gasteiger partial charge in [0.25, 0.3) is 0 Å². The summed E-state index contributed by atoms with van der Waals surface area (Å²) in [5, 5.41) is 7.96. The number of para-hydroxylation sites is 1. The van der Waals surface area contributed by atoms with E-state index in [2.05, 4.69) is 15.6 Å². The molecule has 2 aromatic rings. The number of hydrazine groups is 1. The highest BCUT2D eigenvalue weighted by molar-refractivity contribution is 5.65. The highest BCUT2D eigenvalue weighted by Gasteiger charge is 2.13. The Morgan fingerprint density at radius 2 is 2.06 bits per heavy atom. The number of methoxy groups -OCH3 is 1. The molecule has 0 fully saturated rings. The number of hydrogen-bond acceptors (Lipinski definition) is 5. The van der Waals surface area contributed by atoms with Gasteiger partial charge < -0.3 is 4.74 Å². The summed E-state index contributed by atoms with van der Waals surface area (Å²) in [6.07, 6.45) is 0. The number of hydrogen-bond donors (Lipinski definition) is 2. The van der Waals surface area contributed by atoms with E-state index in [1.165, 1.54) is 0 Å². The molecule has 0 atom stereocenters. The van der Waals surface area contributed by atoms with Crippen LogP contribution in [-0.2, 0) is 7.05 Å². The summed E-state index contributed by atoms with van der Waals surface area (Å²) in [6.45, 7) is 0. The summed E-state index contributed by atoms with van der Waals surface area (Å²) >= 11 is 0. The van der Waals surface area contributed by atoms with E-state index >= 15 is 0 Å². The number of nitrogen functional groups attached to an aromatic ring is 1. The molecule has 1 heterocycles. The topological polar surface area (TPSA) is 78.0 Å². The molecule has 0 aliphatic rings. The zero-order valence-corrected chi connectivity index (χ0v) is 9.14. The molecule has 0 aliphatic carbocycles. The minimum absolute atomic E-state index is 0.501. The van der Waals surface area contributed by atoms with Crippen LogP contribution in [-0.4, -0.2) is 21.9 Å². The molecule has 6 nitrogen and oxygen atoms in total. The Morgan fingerprint density at radius 1 is 1.31 bits per heavy atom. The van der Waals surface area contributed by atoms with Gasteiger partial charge >= 0.3 is 0 Å². The van der Waals surface area contributed by atoms with Gasteiger partial charge in [0.2, 0.25) is 5.95 Å². The van der Waals surface area contributed by atoms with Crippen molar-refractivity contribution < 1.29 is 4.74 Å². The first-order valence-electron chi connectivity index (χ1n) is 4.77. The van der Waals surface area contributed by atoms with Crippen molar-refractivity contribution in [3.05, 3.63) is 24.3 Å². The highest BCUT2D eigenvalue weighted by atomic mass is 16.5. The van der Waals surface area contributed by atoms with E-state index in [1.807, 2.05) is 31.3 Å². The Bertz CT molecular complexity index is 494. The van der Waals surface area contributed by atoms with Crippen LogP contribution in [0, 0.1) is 0 Å². The lowest BCUT2D eigenvalue weighted by Gasteiger charge is -2.07. The first kappa shape index (κ1) is 10.4. The van der Waals surface area contributed by atoms with Gasteiger partial charge in [-0.25, -0.2) is 5.84 Å². The second kappa shape index (κ2) is 4.19. The van der Waals surface area contributed by atoms with E-state index in [1.54, 1.807) is 11.7 Å². The Morgan fingerprint density at radius 3 is 2.69 bits per heavy atom. The number of nitrogens with zero attached hydrogens (tertiary/aromatic N) is 3. The molecule has 3 N–H and O–H groups in total. The first-order chi connectivity index (χ1) is 7.77. The Kier molecular flexibility index (Phi) is 2.74. The fourth-order valence-corrected chi connectivity index (χ4v) is 1.52. The van der Waals surface area contributed by atoms with Crippen molar-refractivity contribution in [1.82, 2.24) is 14.8 Å². The summed E-state index contributed by atoms with van der Waals surface area (Å²) in [5.74, 6) is 7.26. The molecule has 0 radical (unpaired) electrons. The van der Waals surface area contributed by atoms with E-state index in [4.69, 9.17) is 10.6 Å². The molecule has 0 aliphatic heterocycles. The molecular weight excluding hydrogens is 206 g/mol. The molecule has 0 spiro atoms. The van der Waals surface area contributed by atoms with Crippen molar-refractivity contribution in [2.24, 2.45) is 12.9 Å². The first-order valence-corrected chi connectivity index (χ1v) is 4.77. The van der Waals surface area contributed by atoms with Crippen LogP contribution in [0.15, 0.2) is 24.3 Å². The molecule has 2 rings (SSSR count). The van der Waals surface area contributed by atoms with Gasteiger partial charge in [-0.1, -0.05) is 12.1 Å². The van der Waals surface area contributed by atoms with Crippen LogP contribution in [0.25, 0.3) is 11.4 Å². The van der Waals surface area contributed by atoms with Gasteiger partial charge in [-0.2, -0.15) is 0 Å². The molecule has 1 aromatic carbocycles. The average Bonchev–Trinajstić information content (AvgIpc) is 2.70. The molecule has 0 saturated carbocycles. The smallest absolute Gasteiger partial charge is 0.238 e. The third kappa shape index (κ3) is 1.59. The van der Waals surface area contributed by atoms with E-state index in [0.29, 0.717) is 11.8 Å². The van der Waals surface area contributed by atoms with E-state index in [0.717, 1.165) is 11.3 Å². The van der Waals surface area contributed by atoms with E-state index in [9.17, 15) is 0 Å². The second-order valence-electron chi connectivity index (χ2n) is 3.25. The maximum atomic E-state index is 5.31. The molecule has 1 aromatic heterocycles. The summed E-state index contributed by atoms with van der Waals surface area (Å²) in [4.78, 5) is 0. The second-order valence-corrected chi connectivity index (χ2v) is 3.25. The normalized spacial score (nSPS) is 10.2. The number of ether oxygens (including phenoxy) is 1. The summed E-state index contributed by atoms with van der Waals surface area (Å²) in [7, 11) is 3.45. The number of nitrogens with two attached hydrogens (primary N) is 1. The minimum Gasteiger partial charge on any atom is -0.496 e. The number of rotatable bonds is 3. The minimum atomic E-state index is 0.501. The lowest BCUT2D eigenvalue weighted by Crippen LogP contribution is -2.11. The van der Waals surface area contributed by atoms with Gasteiger partial charge in [0.1, 0.15) is 5.75 Å². The van der Waals surface area contributed by atoms with Crippen LogP contribution in [0.2, 0.25) is 0 Å². The van der Waals surface area contributed by atoms with Crippen LogP contribution in [0.4, 0.5) is 5.95 Å². The molecule has 6 heteroatoms. The monoisotopic (exact) mass is 219 g/mol. The Labute approximate surface area is 93.0 Å². The van der Waals surface area contributed by atoms with Crippen LogP contribution in [0.3, 0.4) is 0 Å². The van der Waals surface area contributed by atoms with Gasteiger partial charge in [0, 0.05) is 7.05 Å². The maximum Gasteiger partial charge on any atom is 0.238 e. The van der Waals surface area contributed by atoms with Crippen LogP contribution in [0.5, 0.6) is 5.75 Å². The molecule has 0 bridgehead atoms. The summed E-state index contributed by atoms with van der Waals surface area (Å²) in [5.41, 5.74) is 3.35. The van der Waals surface area contributed by atoms with Crippen molar-refractivity contribution in [2.45, 2.75) is 0 Å². The summed E-state index contributed by atoms with van der Waals surface area (Å²) in [6, 6.07) is 7.62. The number of benzene rings is 1. The quantitative estimate of drug-likeness (QED) is 0.589. The number of anilines is 1. The molecular formula is C10H13N5O. The standard InChI is InChI=1S/C10H13N5O/c1-15-9(13-14-10(15)12-11)7-5-3-4-6-8(7)16-2/h3-6H,11H2,1-2H3,(H,12,14). The Hall–Kier alpha value is -2.08. The maximum absolute atomic E-state index is 5.31. The van der Waals surface area contributed by atoms with Crippen LogP contribution >= 0.6 is 0 Å². The van der Waals surface area contributed by atoms with Crippen LogP contribution < -0.4 is 16.0 Å². The van der Waals surface area contributed by atoms with Crippen molar-refractivity contribution >= 4 is 5.95 Å². The van der Waals surface area contributed by atoms with E-state index in [-0.39, 0.29) is 0 Å². The summed E-state index contributed by atoms with van der Waals surface area (Å²) < 4.78 is 7.03. The van der Waals surface area contributed by atoms with Gasteiger partial charge in [0.15, 0.2) is 5.82 Å². The van der Waals surface area contributed by atoms with Crippen molar-refractivity contribution in [1.29, 1.82) is 0 Å². The van der Waals surface area contributed by atoms with Crippen LogP contribution in [0.1, 0.15) is 0 Å². The predicted molar refractivity (Wildman–Crippen MR) is 60.8 cm³/mol. The molecule has 84 valence electrons. The third-order valence-electron chi connectivity index (χ3n) is 2.35. The SMILES string of the molecule is COc1ccccc1-c1nnc(NN)n1C. The van der Waals surface area contributed by atoms with Gasteiger partial charge in [-0.15, -0.1) is 10.2 Å². The fourth-order valence-electron chi connectivity index (χ4n) is 1.52. The molecule has 16 heavy (non-hydrogen) atoms. The molecule has 0 amide bonds. The van der Waals surface area contributed by atoms with Gasteiger partial charge in [-0.3, -0.25) is 9.99 Å². The number of nitrogens with one attached hydrogen (secondary N) is 1. The lowest BCUT2D eigenvalue weighted by atomic mass is 10.2. The average molecular weight is 219 g/mol. The number of aromatic nitrogens is 3. The van der Waals surface area contributed by atoms with Gasteiger partial charge in [-0.05, 0) is 12.1 Å². The highest BCUT2D eigenvalue weighted by Crippen LogP contribution is 2.28. The van der Waals surface area contributed by atoms with Crippen molar-refractivity contribution in [3.8, 4) is 17.1 Å². The molecule has 0 unspecified atom stereocenters. The predicted octanol–water partition coefficient (Wildman–Crippen LogP) is 0.776. The zero-order chi connectivity index (χ0) is 11.5. The van der Waals surface area contributed by atoms with Gasteiger partial charge in [0.05, 0.1) is 12.7 Å². The molecule has 0 saturated heterocycles. The van der Waals surface area contributed by atoms with Crippen molar-refractivity contribution in [3.63, 3.8) is 0 Å². The van der Waals surface area contributed by atoms with Crippen molar-refractivity contribution in [2.75, 3.05) is 12.5 Å². The largest absolute Gasteiger partial charge is 0.496 e. The third-order valence-corrected chi connectivity index (χ3v) is 2.35. The lowest BCUT2D eigenvalue weighted by molar-refractivity contribution is 0.416. The zero-order valence-electron chi connectivity index (χ0n) is 9.14. The van der Waals surface area contributed by atoms with E-state index < -0.39 is 0 Å². The fraction of sp³-hybridized carbons (Fsp3) is 0.200.